The van der Waals surface area contributed by atoms with E-state index >= 15 is 0 Å². The summed E-state index contributed by atoms with van der Waals surface area (Å²) in [5.74, 6) is 1.77. The van der Waals surface area contributed by atoms with Gasteiger partial charge in [-0.2, -0.15) is 0 Å². The van der Waals surface area contributed by atoms with Crippen molar-refractivity contribution in [3.05, 3.63) is 11.9 Å². The Labute approximate surface area is 121 Å². The Morgan fingerprint density at radius 1 is 1.30 bits per heavy atom. The zero-order chi connectivity index (χ0) is 15.2. The number of nitrogens with one attached hydrogen (secondary N) is 1. The molecule has 0 fully saturated rings. The van der Waals surface area contributed by atoms with Crippen molar-refractivity contribution in [1.82, 2.24) is 9.97 Å². The van der Waals surface area contributed by atoms with Crippen LogP contribution >= 0.6 is 0 Å². The lowest BCUT2D eigenvalue weighted by Crippen LogP contribution is -2.27. The Balaban J connectivity index is 2.99. The standard InChI is InChI=1S/C13H24N4O2S/c1-5-7-11-12(14-6-2)15-10-16-13(11)17(3)8-9-20(4,18)19/h10H,5-9H2,1-4H3,(H,14,15,16). The summed E-state index contributed by atoms with van der Waals surface area (Å²) in [5.41, 5.74) is 1.05. The van der Waals surface area contributed by atoms with Gasteiger partial charge in [0.1, 0.15) is 27.8 Å². The predicted molar refractivity (Wildman–Crippen MR) is 83.2 cm³/mol. The molecule has 0 radical (unpaired) electrons. The summed E-state index contributed by atoms with van der Waals surface area (Å²) in [5, 5.41) is 3.23. The number of hydrogen-bond acceptors (Lipinski definition) is 6. The van der Waals surface area contributed by atoms with Crippen LogP contribution in [0.4, 0.5) is 11.6 Å². The molecular weight excluding hydrogens is 276 g/mol. The van der Waals surface area contributed by atoms with Gasteiger partial charge in [0.05, 0.1) is 5.75 Å². The van der Waals surface area contributed by atoms with E-state index < -0.39 is 9.84 Å². The largest absolute Gasteiger partial charge is 0.370 e. The normalized spacial score (nSPS) is 11.4. The van der Waals surface area contributed by atoms with Crippen molar-refractivity contribution >= 4 is 21.5 Å². The highest BCUT2D eigenvalue weighted by Gasteiger charge is 2.15. The van der Waals surface area contributed by atoms with E-state index in [9.17, 15) is 8.42 Å². The van der Waals surface area contributed by atoms with Gasteiger partial charge in [-0.15, -0.1) is 0 Å². The van der Waals surface area contributed by atoms with Gasteiger partial charge in [-0.3, -0.25) is 0 Å². The molecule has 0 saturated heterocycles. The smallest absolute Gasteiger partial charge is 0.149 e. The fraction of sp³-hybridized carbons (Fsp3) is 0.692. The highest BCUT2D eigenvalue weighted by Crippen LogP contribution is 2.24. The van der Waals surface area contributed by atoms with Crippen LogP contribution in [0.2, 0.25) is 0 Å². The number of aromatic nitrogens is 2. The number of anilines is 2. The Kier molecular flexibility index (Phi) is 6.19. The van der Waals surface area contributed by atoms with Gasteiger partial charge >= 0.3 is 0 Å². The summed E-state index contributed by atoms with van der Waals surface area (Å²) < 4.78 is 22.6. The second kappa shape index (κ2) is 7.42. The van der Waals surface area contributed by atoms with E-state index in [0.29, 0.717) is 6.54 Å². The number of nitrogens with zero attached hydrogens (tertiary/aromatic N) is 3. The summed E-state index contributed by atoms with van der Waals surface area (Å²) in [6.45, 7) is 5.34. The summed E-state index contributed by atoms with van der Waals surface area (Å²) in [4.78, 5) is 10.5. The average Bonchev–Trinajstić information content (AvgIpc) is 2.37. The Morgan fingerprint density at radius 2 is 2.00 bits per heavy atom. The van der Waals surface area contributed by atoms with Crippen molar-refractivity contribution in [2.24, 2.45) is 0 Å². The van der Waals surface area contributed by atoms with Crippen molar-refractivity contribution in [1.29, 1.82) is 0 Å². The van der Waals surface area contributed by atoms with Crippen LogP contribution in [0.15, 0.2) is 6.33 Å². The van der Waals surface area contributed by atoms with Crippen LogP contribution in [0.1, 0.15) is 25.8 Å². The first-order chi connectivity index (χ1) is 9.39. The molecule has 1 rings (SSSR count). The van der Waals surface area contributed by atoms with Crippen LogP contribution in [0, 0.1) is 0 Å². The quantitative estimate of drug-likeness (QED) is 0.781. The summed E-state index contributed by atoms with van der Waals surface area (Å²) in [6.07, 6.45) is 4.61. The first-order valence-corrected chi connectivity index (χ1v) is 8.91. The molecule has 114 valence electrons. The van der Waals surface area contributed by atoms with Crippen LogP contribution in [-0.4, -0.2) is 50.5 Å². The van der Waals surface area contributed by atoms with Crippen molar-refractivity contribution in [3.63, 3.8) is 0 Å². The van der Waals surface area contributed by atoms with Crippen LogP contribution in [0.25, 0.3) is 0 Å². The summed E-state index contributed by atoms with van der Waals surface area (Å²) in [6, 6.07) is 0. The van der Waals surface area contributed by atoms with Gasteiger partial charge in [-0.05, 0) is 13.3 Å². The van der Waals surface area contributed by atoms with Crippen LogP contribution in [0.5, 0.6) is 0 Å². The zero-order valence-corrected chi connectivity index (χ0v) is 13.5. The zero-order valence-electron chi connectivity index (χ0n) is 12.7. The lowest BCUT2D eigenvalue weighted by molar-refractivity contribution is 0.601. The monoisotopic (exact) mass is 300 g/mol. The van der Waals surface area contributed by atoms with Gasteiger partial charge in [0, 0.05) is 32.0 Å². The molecule has 0 aromatic carbocycles. The Hall–Kier alpha value is -1.37. The van der Waals surface area contributed by atoms with E-state index in [4.69, 9.17) is 0 Å². The molecule has 0 bridgehead atoms. The lowest BCUT2D eigenvalue weighted by atomic mass is 10.1. The highest BCUT2D eigenvalue weighted by atomic mass is 32.2. The van der Waals surface area contributed by atoms with E-state index in [0.717, 1.165) is 36.6 Å². The summed E-state index contributed by atoms with van der Waals surface area (Å²) in [7, 11) is -1.11. The van der Waals surface area contributed by atoms with Crippen molar-refractivity contribution in [2.45, 2.75) is 26.7 Å². The minimum Gasteiger partial charge on any atom is -0.370 e. The van der Waals surface area contributed by atoms with Crippen LogP contribution in [-0.2, 0) is 16.3 Å². The molecular formula is C13H24N4O2S. The van der Waals surface area contributed by atoms with E-state index in [2.05, 4.69) is 22.2 Å². The van der Waals surface area contributed by atoms with Gasteiger partial charge in [0.25, 0.3) is 0 Å². The van der Waals surface area contributed by atoms with E-state index in [1.54, 1.807) is 0 Å². The van der Waals surface area contributed by atoms with Gasteiger partial charge in [-0.25, -0.2) is 18.4 Å². The molecule has 1 N–H and O–H groups in total. The summed E-state index contributed by atoms with van der Waals surface area (Å²) >= 11 is 0. The van der Waals surface area contributed by atoms with E-state index in [1.807, 2.05) is 18.9 Å². The molecule has 0 aliphatic heterocycles. The van der Waals surface area contributed by atoms with Gasteiger partial charge in [0.2, 0.25) is 0 Å². The lowest BCUT2D eigenvalue weighted by Gasteiger charge is -2.22. The molecule has 1 heterocycles. The molecule has 1 aromatic rings. The molecule has 0 aliphatic carbocycles. The van der Waals surface area contributed by atoms with Gasteiger partial charge < -0.3 is 10.2 Å². The Morgan fingerprint density at radius 3 is 2.55 bits per heavy atom. The average molecular weight is 300 g/mol. The van der Waals surface area contributed by atoms with Crippen molar-refractivity contribution in [3.8, 4) is 0 Å². The van der Waals surface area contributed by atoms with Crippen LogP contribution in [0.3, 0.4) is 0 Å². The molecule has 0 atom stereocenters. The third kappa shape index (κ3) is 4.96. The molecule has 0 saturated carbocycles. The fourth-order valence-electron chi connectivity index (χ4n) is 1.94. The minimum absolute atomic E-state index is 0.121. The van der Waals surface area contributed by atoms with Gasteiger partial charge in [0.15, 0.2) is 0 Å². The third-order valence-electron chi connectivity index (χ3n) is 2.93. The first-order valence-electron chi connectivity index (χ1n) is 6.85. The number of rotatable bonds is 8. The molecule has 6 nitrogen and oxygen atoms in total. The van der Waals surface area contributed by atoms with Crippen molar-refractivity contribution in [2.75, 3.05) is 42.4 Å². The number of hydrogen-bond donors (Lipinski definition) is 1. The van der Waals surface area contributed by atoms with Crippen molar-refractivity contribution < 1.29 is 8.42 Å². The third-order valence-corrected chi connectivity index (χ3v) is 3.85. The van der Waals surface area contributed by atoms with E-state index in [1.165, 1.54) is 12.6 Å². The molecule has 0 aliphatic rings. The fourth-order valence-corrected chi connectivity index (χ4v) is 2.55. The second-order valence-electron chi connectivity index (χ2n) is 4.86. The SMILES string of the molecule is CCCc1c(NCC)ncnc1N(C)CCS(C)(=O)=O. The molecule has 0 amide bonds. The minimum atomic E-state index is -2.97. The first kappa shape index (κ1) is 16.7. The molecule has 7 heteroatoms. The predicted octanol–water partition coefficient (Wildman–Crippen LogP) is 1.34. The Bertz CT molecular complexity index is 531. The van der Waals surface area contributed by atoms with Crippen LogP contribution < -0.4 is 10.2 Å². The molecule has 20 heavy (non-hydrogen) atoms. The maximum Gasteiger partial charge on any atom is 0.149 e. The van der Waals surface area contributed by atoms with E-state index in [-0.39, 0.29) is 5.75 Å². The topological polar surface area (TPSA) is 75.2 Å². The maximum absolute atomic E-state index is 11.3. The highest BCUT2D eigenvalue weighted by molar-refractivity contribution is 7.90. The molecule has 0 spiro atoms. The number of sulfone groups is 1. The second-order valence-corrected chi connectivity index (χ2v) is 7.12. The molecule has 0 unspecified atom stereocenters. The van der Waals surface area contributed by atoms with Gasteiger partial charge in [-0.1, -0.05) is 13.3 Å². The maximum atomic E-state index is 11.3. The molecule has 1 aromatic heterocycles.